The number of carboxylic acids is 1. The number of nitrogens with two attached hydrogens (primary N) is 1. The summed E-state index contributed by atoms with van der Waals surface area (Å²) >= 11 is 0. The van der Waals surface area contributed by atoms with E-state index in [2.05, 4.69) is 17.2 Å². The van der Waals surface area contributed by atoms with Crippen molar-refractivity contribution in [1.82, 2.24) is 9.80 Å². The van der Waals surface area contributed by atoms with Gasteiger partial charge in [0.05, 0.1) is 0 Å². The van der Waals surface area contributed by atoms with Crippen LogP contribution < -0.4 is 5.73 Å². The lowest BCUT2D eigenvalue weighted by Crippen LogP contribution is -2.39. The van der Waals surface area contributed by atoms with Crippen LogP contribution in [0.3, 0.4) is 0 Å². The highest BCUT2D eigenvalue weighted by Gasteiger charge is 2.34. The number of amides is 1. The highest BCUT2D eigenvalue weighted by Crippen LogP contribution is 2.23. The van der Waals surface area contributed by atoms with Gasteiger partial charge in [-0.25, -0.2) is 0 Å². The molecule has 6 nitrogen and oxygen atoms in total. The normalized spacial score (nSPS) is 20.6. The molecule has 0 saturated carbocycles. The van der Waals surface area contributed by atoms with Crippen molar-refractivity contribution in [2.75, 3.05) is 33.7 Å². The second-order valence-electron chi connectivity index (χ2n) is 4.99. The second kappa shape index (κ2) is 12.9. The molecule has 0 aromatic rings. The van der Waals surface area contributed by atoms with E-state index in [1.165, 1.54) is 6.92 Å². The fourth-order valence-corrected chi connectivity index (χ4v) is 1.94. The molecule has 0 aliphatic carbocycles. The van der Waals surface area contributed by atoms with E-state index in [1.807, 2.05) is 25.1 Å². The van der Waals surface area contributed by atoms with Gasteiger partial charge in [-0.2, -0.15) is 0 Å². The Balaban J connectivity index is -0.000000482. The Bertz CT molecular complexity index is 324. The SMILES string of the molecule is C=C[C@@H]1C[C@H](C(=O)O)N(CCN(C)C)C1.CC(N)=O.Cl.Cl. The lowest BCUT2D eigenvalue weighted by atomic mass is 10.1. The van der Waals surface area contributed by atoms with Crippen molar-refractivity contribution in [3.05, 3.63) is 12.7 Å². The zero-order valence-electron chi connectivity index (χ0n) is 12.8. The highest BCUT2D eigenvalue weighted by atomic mass is 35.5. The Labute approximate surface area is 139 Å². The molecule has 1 saturated heterocycles. The molecule has 0 unspecified atom stereocenters. The van der Waals surface area contributed by atoms with Crippen molar-refractivity contribution in [2.45, 2.75) is 19.4 Å². The number of carbonyl (C=O) groups is 2. The third kappa shape index (κ3) is 11.5. The molecule has 1 amide bonds. The highest BCUT2D eigenvalue weighted by molar-refractivity contribution is 5.85. The van der Waals surface area contributed by atoms with Crippen LogP contribution in [0.4, 0.5) is 0 Å². The first-order chi connectivity index (χ1) is 8.77. The van der Waals surface area contributed by atoms with Gasteiger partial charge < -0.3 is 15.7 Å². The summed E-state index contributed by atoms with van der Waals surface area (Å²) in [6.45, 7) is 7.58. The standard InChI is InChI=1S/C11H20N2O2.C2H5NO.2ClH/c1-4-9-7-10(11(14)15)13(8-9)6-5-12(2)3;1-2(3)4;;/h4,9-10H,1,5-8H2,2-3H3,(H,14,15);1H3,(H2,3,4);2*1H/t9-,10-;;;/m1.../s1. The van der Waals surface area contributed by atoms with Crippen LogP contribution >= 0.6 is 24.8 Å². The van der Waals surface area contributed by atoms with Crippen molar-refractivity contribution in [3.8, 4) is 0 Å². The van der Waals surface area contributed by atoms with Crippen LogP contribution in [-0.2, 0) is 9.59 Å². The maximum atomic E-state index is 11.0. The predicted molar refractivity (Wildman–Crippen MR) is 89.2 cm³/mol. The third-order valence-corrected chi connectivity index (χ3v) is 2.89. The van der Waals surface area contributed by atoms with E-state index >= 15 is 0 Å². The number of likely N-dealkylation sites (N-methyl/N-ethyl adjacent to an activating group) is 1. The number of primary amides is 1. The average Bonchev–Trinajstić information content (AvgIpc) is 2.68. The van der Waals surface area contributed by atoms with Crippen molar-refractivity contribution in [1.29, 1.82) is 0 Å². The minimum absolute atomic E-state index is 0. The molecular formula is C13H27Cl2N3O3. The van der Waals surface area contributed by atoms with Crippen molar-refractivity contribution >= 4 is 36.7 Å². The second-order valence-corrected chi connectivity index (χ2v) is 4.99. The van der Waals surface area contributed by atoms with Crippen LogP contribution in [0.25, 0.3) is 0 Å². The Morgan fingerprint density at radius 2 is 1.90 bits per heavy atom. The van der Waals surface area contributed by atoms with E-state index in [-0.39, 0.29) is 36.8 Å². The third-order valence-electron chi connectivity index (χ3n) is 2.89. The molecule has 21 heavy (non-hydrogen) atoms. The molecule has 3 N–H and O–H groups in total. The van der Waals surface area contributed by atoms with Crippen molar-refractivity contribution in [2.24, 2.45) is 11.7 Å². The van der Waals surface area contributed by atoms with Gasteiger partial charge in [0.15, 0.2) is 0 Å². The van der Waals surface area contributed by atoms with Gasteiger partial charge in [-0.1, -0.05) is 6.08 Å². The van der Waals surface area contributed by atoms with E-state index in [1.54, 1.807) is 0 Å². The van der Waals surface area contributed by atoms with Crippen molar-refractivity contribution < 1.29 is 14.7 Å². The largest absolute Gasteiger partial charge is 0.480 e. The summed E-state index contributed by atoms with van der Waals surface area (Å²) in [6, 6.07) is -0.326. The fraction of sp³-hybridized carbons (Fsp3) is 0.692. The van der Waals surface area contributed by atoms with Crippen molar-refractivity contribution in [3.63, 3.8) is 0 Å². The van der Waals surface area contributed by atoms with Gasteiger partial charge in [0.25, 0.3) is 0 Å². The fourth-order valence-electron chi connectivity index (χ4n) is 1.94. The Morgan fingerprint density at radius 1 is 1.43 bits per heavy atom. The summed E-state index contributed by atoms with van der Waals surface area (Å²) in [6.07, 6.45) is 2.57. The van der Waals surface area contributed by atoms with Gasteiger partial charge in [-0.15, -0.1) is 31.4 Å². The van der Waals surface area contributed by atoms with E-state index in [9.17, 15) is 9.59 Å². The number of hydrogen-bond acceptors (Lipinski definition) is 4. The lowest BCUT2D eigenvalue weighted by molar-refractivity contribution is -0.142. The van der Waals surface area contributed by atoms with Gasteiger partial charge in [0, 0.05) is 26.6 Å². The van der Waals surface area contributed by atoms with Crippen LogP contribution in [0, 0.1) is 5.92 Å². The number of carboxylic acid groups (broad SMARTS) is 1. The number of rotatable bonds is 5. The number of aliphatic carboxylic acids is 1. The maximum Gasteiger partial charge on any atom is 0.320 e. The molecule has 126 valence electrons. The molecule has 8 heteroatoms. The summed E-state index contributed by atoms with van der Waals surface area (Å²) in [5.41, 5.74) is 4.47. The van der Waals surface area contributed by atoms with Crippen LogP contribution in [0.15, 0.2) is 12.7 Å². The summed E-state index contributed by atoms with van der Waals surface area (Å²) in [5, 5.41) is 9.07. The minimum Gasteiger partial charge on any atom is -0.480 e. The topological polar surface area (TPSA) is 86.9 Å². The summed E-state index contributed by atoms with van der Waals surface area (Å²) in [7, 11) is 3.99. The molecule has 1 aliphatic heterocycles. The minimum atomic E-state index is -0.710. The molecule has 0 spiro atoms. The van der Waals surface area contributed by atoms with Gasteiger partial charge in [-0.05, 0) is 26.4 Å². The Kier molecular flexibility index (Phi) is 15.4. The molecule has 0 bridgehead atoms. The van der Waals surface area contributed by atoms with Gasteiger partial charge >= 0.3 is 5.97 Å². The predicted octanol–water partition coefficient (Wildman–Crippen LogP) is 0.844. The first kappa shape index (κ1) is 25.2. The molecular weight excluding hydrogens is 317 g/mol. The van der Waals surface area contributed by atoms with E-state index < -0.39 is 5.97 Å². The zero-order valence-corrected chi connectivity index (χ0v) is 14.5. The molecule has 0 radical (unpaired) electrons. The molecule has 1 heterocycles. The first-order valence-corrected chi connectivity index (χ1v) is 6.28. The van der Waals surface area contributed by atoms with Crippen LogP contribution in [0.1, 0.15) is 13.3 Å². The summed E-state index contributed by atoms with van der Waals surface area (Å²) in [5.74, 6) is -0.716. The lowest BCUT2D eigenvalue weighted by Gasteiger charge is -2.22. The quantitative estimate of drug-likeness (QED) is 0.722. The number of likely N-dealkylation sites (tertiary alicyclic amines) is 1. The van der Waals surface area contributed by atoms with Crippen LogP contribution in [0.2, 0.25) is 0 Å². The zero-order chi connectivity index (χ0) is 15.0. The Morgan fingerprint density at radius 3 is 2.24 bits per heavy atom. The maximum absolute atomic E-state index is 11.0. The van der Waals surface area contributed by atoms with E-state index in [0.717, 1.165) is 19.6 Å². The van der Waals surface area contributed by atoms with Crippen LogP contribution in [-0.4, -0.2) is 66.6 Å². The number of carbonyl (C=O) groups excluding carboxylic acids is 1. The van der Waals surface area contributed by atoms with Gasteiger partial charge in [-0.3, -0.25) is 14.5 Å². The molecule has 1 rings (SSSR count). The summed E-state index contributed by atoms with van der Waals surface area (Å²) < 4.78 is 0. The smallest absolute Gasteiger partial charge is 0.320 e. The van der Waals surface area contributed by atoms with Crippen LogP contribution in [0.5, 0.6) is 0 Å². The number of hydrogen-bond donors (Lipinski definition) is 2. The van der Waals surface area contributed by atoms with Gasteiger partial charge in [0.1, 0.15) is 6.04 Å². The number of halogens is 2. The monoisotopic (exact) mass is 343 g/mol. The van der Waals surface area contributed by atoms with E-state index in [0.29, 0.717) is 12.3 Å². The number of nitrogens with zero attached hydrogens (tertiary/aromatic N) is 2. The molecule has 1 fully saturated rings. The molecule has 0 aromatic heterocycles. The van der Waals surface area contributed by atoms with E-state index in [4.69, 9.17) is 5.11 Å². The molecule has 0 aromatic carbocycles. The van der Waals surface area contributed by atoms with Gasteiger partial charge in [0.2, 0.25) is 5.91 Å². The molecule has 1 aliphatic rings. The first-order valence-electron chi connectivity index (χ1n) is 6.28. The molecule has 2 atom stereocenters. The Hall–Kier alpha value is -0.820. The summed E-state index contributed by atoms with van der Waals surface area (Å²) in [4.78, 5) is 24.4. The average molecular weight is 344 g/mol.